The van der Waals surface area contributed by atoms with Gasteiger partial charge in [0, 0.05) is 22.1 Å². The maximum absolute atomic E-state index is 5.37. The minimum atomic E-state index is 0.191. The summed E-state index contributed by atoms with van der Waals surface area (Å²) in [5, 5.41) is 6.03. The third-order valence-corrected chi connectivity index (χ3v) is 11.4. The van der Waals surface area contributed by atoms with Crippen LogP contribution in [0.1, 0.15) is 22.6 Å². The van der Waals surface area contributed by atoms with Crippen molar-refractivity contribution in [1.82, 2.24) is 18.9 Å². The van der Waals surface area contributed by atoms with Crippen LogP contribution in [0.4, 0.5) is 0 Å². The van der Waals surface area contributed by atoms with Gasteiger partial charge < -0.3 is 0 Å². The molecule has 53 heavy (non-hydrogen) atoms. The SMILES string of the molecule is c1ccc2c(c1)-c1c(ccc3ccccc13)C2c1ccc(-c2ccc3c4ccccc4n(-c4nc5ccccc5c5nc6ccccc6n45)c3c2)cc1. The van der Waals surface area contributed by atoms with E-state index in [1.165, 1.54) is 60.5 Å². The average Bonchev–Trinajstić information content (AvgIpc) is 3.89. The summed E-state index contributed by atoms with van der Waals surface area (Å²) in [4.78, 5) is 10.5. The topological polar surface area (TPSA) is 35.1 Å². The fraction of sp³-hybridized carbons (Fsp3) is 0.0204. The molecule has 1 aliphatic carbocycles. The highest BCUT2D eigenvalue weighted by atomic mass is 15.2. The van der Waals surface area contributed by atoms with Crippen LogP contribution in [0.15, 0.2) is 176 Å². The quantitative estimate of drug-likeness (QED) is 0.187. The second-order valence-corrected chi connectivity index (χ2v) is 14.2. The zero-order chi connectivity index (χ0) is 34.6. The largest absolute Gasteiger partial charge is 0.279 e. The Labute approximate surface area is 304 Å². The van der Waals surface area contributed by atoms with Crippen LogP contribution in [0, 0.1) is 0 Å². The summed E-state index contributed by atoms with van der Waals surface area (Å²) in [5.41, 5.74) is 15.2. The second-order valence-electron chi connectivity index (χ2n) is 14.2. The highest BCUT2D eigenvalue weighted by Crippen LogP contribution is 2.50. The van der Waals surface area contributed by atoms with Crippen LogP contribution in [0.2, 0.25) is 0 Å². The van der Waals surface area contributed by atoms with Gasteiger partial charge in [-0.3, -0.25) is 8.97 Å². The van der Waals surface area contributed by atoms with Crippen molar-refractivity contribution in [3.8, 4) is 28.2 Å². The van der Waals surface area contributed by atoms with E-state index in [2.05, 4.69) is 179 Å². The summed E-state index contributed by atoms with van der Waals surface area (Å²) in [7, 11) is 0. The summed E-state index contributed by atoms with van der Waals surface area (Å²) >= 11 is 0. The highest BCUT2D eigenvalue weighted by Gasteiger charge is 2.31. The normalized spacial score (nSPS) is 13.8. The zero-order valence-electron chi connectivity index (χ0n) is 28.6. The van der Waals surface area contributed by atoms with Crippen molar-refractivity contribution in [2.45, 2.75) is 5.92 Å². The molecule has 0 fully saturated rings. The van der Waals surface area contributed by atoms with Gasteiger partial charge in [0.05, 0.1) is 27.6 Å². The predicted molar refractivity (Wildman–Crippen MR) is 218 cm³/mol. The lowest BCUT2D eigenvalue weighted by molar-refractivity contribution is 0.979. The van der Waals surface area contributed by atoms with Crippen molar-refractivity contribution in [1.29, 1.82) is 0 Å². The number of aromatic nitrogens is 4. The molecule has 0 aliphatic heterocycles. The van der Waals surface area contributed by atoms with Gasteiger partial charge in [0.15, 0.2) is 0 Å². The Balaban J connectivity index is 1.05. The summed E-state index contributed by atoms with van der Waals surface area (Å²) < 4.78 is 4.55. The third kappa shape index (κ3) is 4.00. The minimum Gasteiger partial charge on any atom is -0.279 e. The average molecular weight is 675 g/mol. The monoisotopic (exact) mass is 674 g/mol. The van der Waals surface area contributed by atoms with E-state index in [1.54, 1.807) is 0 Å². The molecule has 0 amide bonds. The van der Waals surface area contributed by atoms with Crippen molar-refractivity contribution < 1.29 is 0 Å². The lowest BCUT2D eigenvalue weighted by Crippen LogP contribution is -2.06. The van der Waals surface area contributed by atoms with E-state index in [-0.39, 0.29) is 5.92 Å². The molecule has 0 saturated heterocycles. The molecule has 1 aliphatic rings. The van der Waals surface area contributed by atoms with Gasteiger partial charge in [0.2, 0.25) is 5.95 Å². The molecular formula is C49H30N4. The summed E-state index contributed by atoms with van der Waals surface area (Å²) in [6.45, 7) is 0. The first-order valence-corrected chi connectivity index (χ1v) is 18.2. The van der Waals surface area contributed by atoms with Crippen molar-refractivity contribution >= 4 is 60.2 Å². The van der Waals surface area contributed by atoms with E-state index in [0.29, 0.717) is 0 Å². The van der Waals surface area contributed by atoms with Gasteiger partial charge >= 0.3 is 0 Å². The van der Waals surface area contributed by atoms with Crippen LogP contribution in [-0.2, 0) is 0 Å². The molecule has 3 heterocycles. The maximum Gasteiger partial charge on any atom is 0.221 e. The van der Waals surface area contributed by atoms with E-state index >= 15 is 0 Å². The number of imidazole rings is 1. The first-order valence-electron chi connectivity index (χ1n) is 18.2. The van der Waals surface area contributed by atoms with Crippen LogP contribution < -0.4 is 0 Å². The lowest BCUT2D eigenvalue weighted by atomic mass is 9.88. The van der Waals surface area contributed by atoms with Crippen LogP contribution in [0.3, 0.4) is 0 Å². The van der Waals surface area contributed by atoms with Gasteiger partial charge in [-0.2, -0.15) is 0 Å². The number of fused-ring (bicyclic) bond motifs is 13. The van der Waals surface area contributed by atoms with E-state index < -0.39 is 0 Å². The van der Waals surface area contributed by atoms with E-state index in [4.69, 9.17) is 9.97 Å². The van der Waals surface area contributed by atoms with E-state index in [9.17, 15) is 0 Å². The fourth-order valence-electron chi connectivity index (χ4n) is 9.04. The molecule has 8 aromatic carbocycles. The molecule has 11 aromatic rings. The smallest absolute Gasteiger partial charge is 0.221 e. The van der Waals surface area contributed by atoms with Gasteiger partial charge in [-0.25, -0.2) is 9.97 Å². The fourth-order valence-corrected chi connectivity index (χ4v) is 9.04. The van der Waals surface area contributed by atoms with Crippen molar-refractivity contribution in [2.24, 2.45) is 0 Å². The maximum atomic E-state index is 5.37. The molecule has 4 heteroatoms. The van der Waals surface area contributed by atoms with Crippen LogP contribution in [0.5, 0.6) is 0 Å². The molecule has 3 aromatic heterocycles. The number of para-hydroxylation sites is 4. The van der Waals surface area contributed by atoms with Gasteiger partial charge in [-0.1, -0.05) is 140 Å². The molecule has 0 N–H and O–H groups in total. The third-order valence-electron chi connectivity index (χ3n) is 11.4. The second kappa shape index (κ2) is 10.7. The number of rotatable bonds is 3. The predicted octanol–water partition coefficient (Wildman–Crippen LogP) is 12.1. The van der Waals surface area contributed by atoms with Gasteiger partial charge in [0.25, 0.3) is 0 Å². The summed E-state index contributed by atoms with van der Waals surface area (Å²) in [5.74, 6) is 1.02. The van der Waals surface area contributed by atoms with E-state index in [0.717, 1.165) is 44.6 Å². The summed E-state index contributed by atoms with van der Waals surface area (Å²) in [6, 6.07) is 63.7. The summed E-state index contributed by atoms with van der Waals surface area (Å²) in [6.07, 6.45) is 0. The molecule has 0 spiro atoms. The van der Waals surface area contributed by atoms with Crippen molar-refractivity contribution in [3.05, 3.63) is 193 Å². The first kappa shape index (κ1) is 28.6. The molecule has 12 rings (SSSR count). The zero-order valence-corrected chi connectivity index (χ0v) is 28.6. The number of nitrogens with zero attached hydrogens (tertiary/aromatic N) is 4. The van der Waals surface area contributed by atoms with Crippen LogP contribution in [0.25, 0.3) is 88.4 Å². The van der Waals surface area contributed by atoms with Crippen LogP contribution >= 0.6 is 0 Å². The molecule has 0 saturated carbocycles. The highest BCUT2D eigenvalue weighted by molar-refractivity contribution is 6.10. The number of hydrogen-bond acceptors (Lipinski definition) is 2. The molecule has 246 valence electrons. The minimum absolute atomic E-state index is 0.191. The number of benzene rings is 8. The van der Waals surface area contributed by atoms with Crippen molar-refractivity contribution in [3.63, 3.8) is 0 Å². The van der Waals surface area contributed by atoms with Crippen LogP contribution in [-0.4, -0.2) is 18.9 Å². The first-order chi connectivity index (χ1) is 26.3. The molecule has 4 nitrogen and oxygen atoms in total. The Morgan fingerprint density at radius 3 is 2.00 bits per heavy atom. The molecule has 0 bridgehead atoms. The molecule has 0 radical (unpaired) electrons. The van der Waals surface area contributed by atoms with Gasteiger partial charge in [0.1, 0.15) is 5.65 Å². The number of hydrogen-bond donors (Lipinski definition) is 0. The Kier molecular flexibility index (Phi) is 5.80. The Bertz CT molecular complexity index is 3290. The van der Waals surface area contributed by atoms with E-state index in [1.807, 2.05) is 6.07 Å². The lowest BCUT2D eigenvalue weighted by Gasteiger charge is -2.16. The standard InChI is InChI=1S/C49H30N4/c1-2-12-34-31(11-1)25-28-40-46(37-14-3-4-15-38(37)47(34)40)32-23-21-30(22-24-32)33-26-27-36-35-13-6-9-19-43(35)52(45(36)29-33)49-51-41-17-7-5-16-39(41)48-50-42-18-8-10-20-44(42)53(48)49/h1-29,46H. The Hall–Kier alpha value is -7.04. The van der Waals surface area contributed by atoms with Gasteiger partial charge in [-0.15, -0.1) is 0 Å². The molecule has 1 unspecified atom stereocenters. The van der Waals surface area contributed by atoms with Crippen molar-refractivity contribution in [2.75, 3.05) is 0 Å². The molecular weight excluding hydrogens is 645 g/mol. The Morgan fingerprint density at radius 1 is 0.434 bits per heavy atom. The van der Waals surface area contributed by atoms with Gasteiger partial charge in [-0.05, 0) is 86.1 Å². The molecule has 1 atom stereocenters. The Morgan fingerprint density at radius 2 is 1.11 bits per heavy atom.